The Labute approximate surface area is 146 Å². The molecule has 3 aromatic rings. The van der Waals surface area contributed by atoms with Crippen LogP contribution in [-0.4, -0.2) is 9.55 Å². The topological polar surface area (TPSA) is 17.8 Å². The first-order valence-electron chi connectivity index (χ1n) is 8.12. The van der Waals surface area contributed by atoms with Crippen LogP contribution >= 0.6 is 15.9 Å². The number of aryl methyl sites for hydroxylation is 1. The van der Waals surface area contributed by atoms with E-state index in [1.54, 1.807) is 0 Å². The van der Waals surface area contributed by atoms with Crippen LogP contribution in [0.5, 0.6) is 0 Å². The SMILES string of the molecule is CCCCn1cc(-c2ccccc2)nc1Cc1ccc(Br)cc1. The van der Waals surface area contributed by atoms with Gasteiger partial charge in [0, 0.05) is 29.2 Å². The Kier molecular flexibility index (Phi) is 5.29. The minimum absolute atomic E-state index is 0.865. The maximum Gasteiger partial charge on any atom is 0.113 e. The van der Waals surface area contributed by atoms with Gasteiger partial charge in [0.15, 0.2) is 0 Å². The first-order valence-corrected chi connectivity index (χ1v) is 8.91. The number of imidazole rings is 1. The van der Waals surface area contributed by atoms with Crippen molar-refractivity contribution in [3.8, 4) is 11.3 Å². The Hall–Kier alpha value is -1.87. The summed E-state index contributed by atoms with van der Waals surface area (Å²) in [5.41, 5.74) is 3.53. The fourth-order valence-electron chi connectivity index (χ4n) is 2.65. The lowest BCUT2D eigenvalue weighted by atomic mass is 10.1. The number of nitrogens with zero attached hydrogens (tertiary/aromatic N) is 2. The van der Waals surface area contributed by atoms with Gasteiger partial charge in [-0.25, -0.2) is 4.98 Å². The van der Waals surface area contributed by atoms with Crippen LogP contribution in [0.25, 0.3) is 11.3 Å². The molecule has 0 unspecified atom stereocenters. The number of hydrogen-bond acceptors (Lipinski definition) is 1. The number of benzene rings is 2. The maximum absolute atomic E-state index is 4.90. The fourth-order valence-corrected chi connectivity index (χ4v) is 2.91. The molecule has 3 rings (SSSR count). The van der Waals surface area contributed by atoms with Crippen molar-refractivity contribution in [2.45, 2.75) is 32.7 Å². The molecule has 3 heteroatoms. The molecule has 0 amide bonds. The van der Waals surface area contributed by atoms with Crippen molar-refractivity contribution in [3.63, 3.8) is 0 Å². The third-order valence-corrected chi connectivity index (χ3v) is 4.49. The summed E-state index contributed by atoms with van der Waals surface area (Å²) in [7, 11) is 0. The highest BCUT2D eigenvalue weighted by Gasteiger charge is 2.10. The van der Waals surface area contributed by atoms with Gasteiger partial charge in [0.05, 0.1) is 5.69 Å². The van der Waals surface area contributed by atoms with E-state index in [1.165, 1.54) is 24.0 Å². The summed E-state index contributed by atoms with van der Waals surface area (Å²) in [5, 5.41) is 0. The van der Waals surface area contributed by atoms with Crippen LogP contribution in [0.15, 0.2) is 65.3 Å². The first-order chi connectivity index (χ1) is 11.3. The minimum atomic E-state index is 0.865. The van der Waals surface area contributed by atoms with E-state index >= 15 is 0 Å². The molecule has 2 aromatic carbocycles. The lowest BCUT2D eigenvalue weighted by molar-refractivity contribution is 0.609. The summed E-state index contributed by atoms with van der Waals surface area (Å²) in [6.07, 6.45) is 5.43. The summed E-state index contributed by atoms with van der Waals surface area (Å²) in [6, 6.07) is 18.9. The van der Waals surface area contributed by atoms with Crippen molar-refractivity contribution < 1.29 is 0 Å². The molecule has 1 heterocycles. The summed E-state index contributed by atoms with van der Waals surface area (Å²) in [4.78, 5) is 4.90. The zero-order valence-electron chi connectivity index (χ0n) is 13.4. The van der Waals surface area contributed by atoms with E-state index < -0.39 is 0 Å². The quantitative estimate of drug-likeness (QED) is 0.545. The van der Waals surface area contributed by atoms with E-state index in [9.17, 15) is 0 Å². The van der Waals surface area contributed by atoms with Gasteiger partial charge in [-0.2, -0.15) is 0 Å². The van der Waals surface area contributed by atoms with Crippen molar-refractivity contribution in [2.75, 3.05) is 0 Å². The lowest BCUT2D eigenvalue weighted by Gasteiger charge is -2.07. The van der Waals surface area contributed by atoms with Gasteiger partial charge in [0.1, 0.15) is 5.82 Å². The lowest BCUT2D eigenvalue weighted by Crippen LogP contribution is -2.03. The summed E-state index contributed by atoms with van der Waals surface area (Å²) in [5.74, 6) is 1.14. The monoisotopic (exact) mass is 368 g/mol. The molecule has 0 aliphatic carbocycles. The van der Waals surface area contributed by atoms with Crippen LogP contribution in [0.3, 0.4) is 0 Å². The van der Waals surface area contributed by atoms with E-state index in [2.05, 4.69) is 82.1 Å². The number of unbranched alkanes of at least 4 members (excludes halogenated alkanes) is 1. The van der Waals surface area contributed by atoms with E-state index in [0.29, 0.717) is 0 Å². The Morgan fingerprint density at radius 3 is 2.43 bits per heavy atom. The van der Waals surface area contributed by atoms with Crippen LogP contribution in [-0.2, 0) is 13.0 Å². The Bertz CT molecular complexity index is 745. The van der Waals surface area contributed by atoms with Crippen LogP contribution in [0.2, 0.25) is 0 Å². The molecule has 0 saturated heterocycles. The van der Waals surface area contributed by atoms with Gasteiger partial charge in [-0.3, -0.25) is 0 Å². The summed E-state index contributed by atoms with van der Waals surface area (Å²) >= 11 is 3.49. The molecule has 0 fully saturated rings. The normalized spacial score (nSPS) is 10.9. The molecule has 0 bridgehead atoms. The number of hydrogen-bond donors (Lipinski definition) is 0. The predicted octanol–water partition coefficient (Wildman–Crippen LogP) is 5.70. The molecular weight excluding hydrogens is 348 g/mol. The summed E-state index contributed by atoms with van der Waals surface area (Å²) < 4.78 is 3.42. The Morgan fingerprint density at radius 2 is 1.74 bits per heavy atom. The second-order valence-corrected chi connectivity index (χ2v) is 6.67. The average molecular weight is 369 g/mol. The molecule has 118 valence electrons. The third kappa shape index (κ3) is 4.11. The largest absolute Gasteiger partial charge is 0.334 e. The van der Waals surface area contributed by atoms with E-state index in [1.807, 2.05) is 6.07 Å². The molecule has 0 radical (unpaired) electrons. The molecule has 0 aliphatic rings. The van der Waals surface area contributed by atoms with Crippen molar-refractivity contribution in [2.24, 2.45) is 0 Å². The second-order valence-electron chi connectivity index (χ2n) is 5.76. The van der Waals surface area contributed by atoms with Gasteiger partial charge in [0.25, 0.3) is 0 Å². The van der Waals surface area contributed by atoms with Crippen LogP contribution in [0, 0.1) is 0 Å². The van der Waals surface area contributed by atoms with E-state index in [0.717, 1.165) is 29.0 Å². The molecule has 0 N–H and O–H groups in total. The second kappa shape index (κ2) is 7.60. The number of rotatable bonds is 6. The minimum Gasteiger partial charge on any atom is -0.334 e. The molecule has 0 atom stereocenters. The fraction of sp³-hybridized carbons (Fsp3) is 0.250. The Balaban J connectivity index is 1.90. The first kappa shape index (κ1) is 16.0. The third-order valence-electron chi connectivity index (χ3n) is 3.96. The maximum atomic E-state index is 4.90. The van der Waals surface area contributed by atoms with Crippen molar-refractivity contribution in [1.29, 1.82) is 0 Å². The van der Waals surface area contributed by atoms with Crippen LogP contribution in [0.4, 0.5) is 0 Å². The van der Waals surface area contributed by atoms with Gasteiger partial charge in [-0.1, -0.05) is 71.7 Å². The summed E-state index contributed by atoms with van der Waals surface area (Å²) in [6.45, 7) is 3.26. The molecule has 0 aliphatic heterocycles. The highest BCUT2D eigenvalue weighted by molar-refractivity contribution is 9.10. The molecule has 0 spiro atoms. The standard InChI is InChI=1S/C20H21BrN2/c1-2-3-13-23-15-19(17-7-5-4-6-8-17)22-20(23)14-16-9-11-18(21)12-10-16/h4-12,15H,2-3,13-14H2,1H3. The van der Waals surface area contributed by atoms with E-state index in [4.69, 9.17) is 4.98 Å². The Morgan fingerprint density at radius 1 is 1.00 bits per heavy atom. The smallest absolute Gasteiger partial charge is 0.113 e. The van der Waals surface area contributed by atoms with Crippen molar-refractivity contribution >= 4 is 15.9 Å². The van der Waals surface area contributed by atoms with E-state index in [-0.39, 0.29) is 0 Å². The average Bonchev–Trinajstić information content (AvgIpc) is 2.99. The number of halogens is 1. The molecule has 2 nitrogen and oxygen atoms in total. The van der Waals surface area contributed by atoms with Crippen molar-refractivity contribution in [1.82, 2.24) is 9.55 Å². The van der Waals surface area contributed by atoms with Crippen LogP contribution < -0.4 is 0 Å². The van der Waals surface area contributed by atoms with Gasteiger partial charge in [-0.15, -0.1) is 0 Å². The zero-order chi connectivity index (χ0) is 16.1. The van der Waals surface area contributed by atoms with Gasteiger partial charge in [-0.05, 0) is 24.1 Å². The molecule has 23 heavy (non-hydrogen) atoms. The molecule has 0 saturated carbocycles. The highest BCUT2D eigenvalue weighted by Crippen LogP contribution is 2.21. The van der Waals surface area contributed by atoms with Crippen LogP contribution in [0.1, 0.15) is 31.2 Å². The zero-order valence-corrected chi connectivity index (χ0v) is 15.0. The van der Waals surface area contributed by atoms with Gasteiger partial charge < -0.3 is 4.57 Å². The molecule has 1 aromatic heterocycles. The predicted molar refractivity (Wildman–Crippen MR) is 99.5 cm³/mol. The van der Waals surface area contributed by atoms with Gasteiger partial charge in [0.2, 0.25) is 0 Å². The highest BCUT2D eigenvalue weighted by atomic mass is 79.9. The molecular formula is C20H21BrN2. The number of aromatic nitrogens is 2. The van der Waals surface area contributed by atoms with Gasteiger partial charge >= 0.3 is 0 Å². The van der Waals surface area contributed by atoms with Crippen molar-refractivity contribution in [3.05, 3.63) is 76.7 Å².